The zero-order valence-corrected chi connectivity index (χ0v) is 11.5. The van der Waals surface area contributed by atoms with Crippen LogP contribution in [0.3, 0.4) is 0 Å². The van der Waals surface area contributed by atoms with Gasteiger partial charge in [-0.2, -0.15) is 0 Å². The lowest BCUT2D eigenvalue weighted by molar-refractivity contribution is 0.0995. The molecule has 0 bridgehead atoms. The Morgan fingerprint density at radius 3 is 2.45 bits per heavy atom. The number of aromatic nitrogens is 1. The van der Waals surface area contributed by atoms with Crippen molar-refractivity contribution in [3.8, 4) is 11.1 Å². The first-order valence-corrected chi connectivity index (χ1v) is 7.59. The van der Waals surface area contributed by atoms with Gasteiger partial charge < -0.3 is 5.73 Å². The molecule has 0 aliphatic heterocycles. The summed E-state index contributed by atoms with van der Waals surface area (Å²) in [7, 11) is -3.37. The van der Waals surface area contributed by atoms with Crippen molar-refractivity contribution in [2.24, 2.45) is 5.73 Å². The molecule has 6 nitrogen and oxygen atoms in total. The molecule has 1 aromatic heterocycles. The molecule has 104 valence electrons. The first-order chi connectivity index (χ1) is 9.37. The lowest BCUT2D eigenvalue weighted by Gasteiger charge is -2.10. The van der Waals surface area contributed by atoms with Crippen molar-refractivity contribution in [2.75, 3.05) is 11.0 Å². The predicted molar refractivity (Wildman–Crippen MR) is 76.7 cm³/mol. The summed E-state index contributed by atoms with van der Waals surface area (Å²) in [6.07, 6.45) is 2.56. The number of para-hydroxylation sites is 1. The highest BCUT2D eigenvalue weighted by molar-refractivity contribution is 7.92. The number of carbonyl (C=O) groups is 1. The molecule has 0 saturated carbocycles. The second-order valence-corrected chi connectivity index (χ2v) is 5.96. The summed E-state index contributed by atoms with van der Waals surface area (Å²) in [6.45, 7) is 0. The largest absolute Gasteiger partial charge is 0.364 e. The zero-order chi connectivity index (χ0) is 14.8. The van der Waals surface area contributed by atoms with E-state index in [2.05, 4.69) is 9.71 Å². The number of anilines is 1. The quantitative estimate of drug-likeness (QED) is 0.884. The topological polar surface area (TPSA) is 102 Å². The van der Waals surface area contributed by atoms with Gasteiger partial charge in [0.05, 0.1) is 11.9 Å². The number of primary amides is 1. The summed E-state index contributed by atoms with van der Waals surface area (Å²) in [5.41, 5.74) is 7.08. The highest BCUT2D eigenvalue weighted by Gasteiger charge is 2.10. The summed E-state index contributed by atoms with van der Waals surface area (Å²) in [4.78, 5) is 14.9. The highest BCUT2D eigenvalue weighted by Crippen LogP contribution is 2.27. The molecule has 0 radical (unpaired) electrons. The van der Waals surface area contributed by atoms with E-state index in [4.69, 9.17) is 5.73 Å². The third-order valence-corrected chi connectivity index (χ3v) is 3.14. The van der Waals surface area contributed by atoms with Gasteiger partial charge in [0.1, 0.15) is 5.69 Å². The first kappa shape index (κ1) is 14.0. The molecule has 0 fully saturated rings. The van der Waals surface area contributed by atoms with Crippen molar-refractivity contribution in [2.45, 2.75) is 0 Å². The molecule has 7 heteroatoms. The molecule has 2 rings (SSSR count). The maximum absolute atomic E-state index is 11.3. The fourth-order valence-electron chi connectivity index (χ4n) is 1.72. The van der Waals surface area contributed by atoms with Gasteiger partial charge in [-0.1, -0.05) is 24.3 Å². The number of nitrogens with two attached hydrogens (primary N) is 1. The maximum Gasteiger partial charge on any atom is 0.267 e. The molecular formula is C13H13N3O3S. The van der Waals surface area contributed by atoms with E-state index in [9.17, 15) is 13.2 Å². The number of hydrogen-bond donors (Lipinski definition) is 2. The van der Waals surface area contributed by atoms with Crippen molar-refractivity contribution in [3.05, 3.63) is 48.3 Å². The van der Waals surface area contributed by atoms with Gasteiger partial charge in [0.15, 0.2) is 0 Å². The summed E-state index contributed by atoms with van der Waals surface area (Å²) >= 11 is 0. The minimum atomic E-state index is -3.37. The second-order valence-electron chi connectivity index (χ2n) is 4.22. The van der Waals surface area contributed by atoms with E-state index >= 15 is 0 Å². The van der Waals surface area contributed by atoms with Gasteiger partial charge >= 0.3 is 0 Å². The number of benzene rings is 1. The number of carbonyl (C=O) groups excluding carboxylic acids is 1. The van der Waals surface area contributed by atoms with Crippen molar-refractivity contribution in [1.29, 1.82) is 0 Å². The summed E-state index contributed by atoms with van der Waals surface area (Å²) < 4.78 is 25.1. The third kappa shape index (κ3) is 3.33. The van der Waals surface area contributed by atoms with Crippen molar-refractivity contribution in [3.63, 3.8) is 0 Å². The molecule has 0 unspecified atom stereocenters. The minimum absolute atomic E-state index is 0.155. The molecule has 1 aromatic carbocycles. The van der Waals surface area contributed by atoms with Gasteiger partial charge in [-0.25, -0.2) is 8.42 Å². The smallest absolute Gasteiger partial charge is 0.267 e. The van der Waals surface area contributed by atoms with E-state index in [0.717, 1.165) is 6.26 Å². The van der Waals surface area contributed by atoms with Crippen LogP contribution in [0, 0.1) is 0 Å². The minimum Gasteiger partial charge on any atom is -0.364 e. The number of pyridine rings is 1. The Labute approximate surface area is 116 Å². The molecule has 3 N–H and O–H groups in total. The van der Waals surface area contributed by atoms with Crippen LogP contribution in [0.5, 0.6) is 0 Å². The van der Waals surface area contributed by atoms with Crippen LogP contribution in [0.15, 0.2) is 42.6 Å². The zero-order valence-electron chi connectivity index (χ0n) is 10.7. The number of nitrogens with one attached hydrogen (secondary N) is 1. The Bertz CT molecular complexity index is 740. The van der Waals surface area contributed by atoms with Gasteiger partial charge in [-0.05, 0) is 12.1 Å². The number of nitrogens with zero attached hydrogens (tertiary/aromatic N) is 1. The molecule has 1 amide bonds. The summed E-state index contributed by atoms with van der Waals surface area (Å²) in [5.74, 6) is -0.612. The molecule has 0 atom stereocenters. The van der Waals surface area contributed by atoms with Gasteiger partial charge in [0.2, 0.25) is 10.0 Å². The Kier molecular flexibility index (Phi) is 3.71. The standard InChI is InChI=1S/C13H13N3O3S/c1-20(18,19)16-11-5-3-2-4-10(11)9-6-7-12(13(14)17)15-8-9/h2-8,16H,1H3,(H2,14,17). The molecule has 20 heavy (non-hydrogen) atoms. The van der Waals surface area contributed by atoms with Crippen LogP contribution in [-0.2, 0) is 10.0 Å². The third-order valence-electron chi connectivity index (χ3n) is 2.55. The SMILES string of the molecule is CS(=O)(=O)Nc1ccccc1-c1ccc(C(N)=O)nc1. The van der Waals surface area contributed by atoms with Gasteiger partial charge in [-0.15, -0.1) is 0 Å². The molecule has 1 heterocycles. The van der Waals surface area contributed by atoms with Crippen molar-refractivity contribution >= 4 is 21.6 Å². The van der Waals surface area contributed by atoms with E-state index in [1.807, 2.05) is 0 Å². The Hall–Kier alpha value is -2.41. The molecule has 0 saturated heterocycles. The van der Waals surface area contributed by atoms with Gasteiger partial charge in [-0.3, -0.25) is 14.5 Å². The average Bonchev–Trinajstić information content (AvgIpc) is 2.37. The maximum atomic E-state index is 11.3. The number of amides is 1. The van der Waals surface area contributed by atoms with E-state index in [1.165, 1.54) is 12.3 Å². The highest BCUT2D eigenvalue weighted by atomic mass is 32.2. The Morgan fingerprint density at radius 1 is 1.20 bits per heavy atom. The van der Waals surface area contributed by atoms with Crippen LogP contribution in [0.2, 0.25) is 0 Å². The predicted octanol–water partition coefficient (Wildman–Crippen LogP) is 1.22. The van der Waals surface area contributed by atoms with Crippen LogP contribution in [-0.4, -0.2) is 25.6 Å². The van der Waals surface area contributed by atoms with Crippen LogP contribution < -0.4 is 10.5 Å². The molecule has 2 aromatic rings. The summed E-state index contributed by atoms with van der Waals surface area (Å²) in [5, 5.41) is 0. The van der Waals surface area contributed by atoms with Gasteiger partial charge in [0.25, 0.3) is 5.91 Å². The second kappa shape index (κ2) is 5.30. The van der Waals surface area contributed by atoms with E-state index in [1.54, 1.807) is 30.3 Å². The van der Waals surface area contributed by atoms with Crippen LogP contribution in [0.25, 0.3) is 11.1 Å². The first-order valence-electron chi connectivity index (χ1n) is 5.70. The lowest BCUT2D eigenvalue weighted by atomic mass is 10.1. The van der Waals surface area contributed by atoms with Gasteiger partial charge in [0, 0.05) is 17.3 Å². The Morgan fingerprint density at radius 2 is 1.90 bits per heavy atom. The monoisotopic (exact) mass is 291 g/mol. The van der Waals surface area contributed by atoms with Crippen LogP contribution >= 0.6 is 0 Å². The average molecular weight is 291 g/mol. The fraction of sp³-hybridized carbons (Fsp3) is 0.0769. The summed E-state index contributed by atoms with van der Waals surface area (Å²) in [6, 6.07) is 10.1. The molecular weight excluding hydrogens is 278 g/mol. The van der Waals surface area contributed by atoms with E-state index in [0.29, 0.717) is 16.8 Å². The molecule has 0 aliphatic rings. The number of sulfonamides is 1. The fourth-order valence-corrected chi connectivity index (χ4v) is 2.30. The number of rotatable bonds is 4. The van der Waals surface area contributed by atoms with E-state index < -0.39 is 15.9 Å². The van der Waals surface area contributed by atoms with E-state index in [-0.39, 0.29) is 5.69 Å². The van der Waals surface area contributed by atoms with Crippen molar-refractivity contribution in [1.82, 2.24) is 4.98 Å². The Balaban J connectivity index is 2.44. The van der Waals surface area contributed by atoms with Crippen LogP contribution in [0.4, 0.5) is 5.69 Å². The van der Waals surface area contributed by atoms with Crippen LogP contribution in [0.1, 0.15) is 10.5 Å². The normalized spacial score (nSPS) is 11.1. The van der Waals surface area contributed by atoms with Crippen molar-refractivity contribution < 1.29 is 13.2 Å². The lowest BCUT2D eigenvalue weighted by Crippen LogP contribution is -2.12. The number of hydrogen-bond acceptors (Lipinski definition) is 4. The molecule has 0 aliphatic carbocycles. The molecule has 0 spiro atoms.